The van der Waals surface area contributed by atoms with E-state index in [2.05, 4.69) is 19.9 Å². The zero-order valence-corrected chi connectivity index (χ0v) is 19.9. The Morgan fingerprint density at radius 1 is 1.08 bits per heavy atom. The number of aromatic nitrogens is 5. The maximum absolute atomic E-state index is 13.6. The molecule has 4 aromatic rings. The number of benzene rings is 1. The second kappa shape index (κ2) is 9.94. The second-order valence-corrected chi connectivity index (χ2v) is 8.91. The van der Waals surface area contributed by atoms with Gasteiger partial charge in [0, 0.05) is 23.7 Å². The Hall–Kier alpha value is -3.99. The molecule has 0 atom stereocenters. The van der Waals surface area contributed by atoms with Crippen LogP contribution < -0.4 is 10.5 Å². The number of nitrogens with two attached hydrogens (primary N) is 1. The van der Waals surface area contributed by atoms with E-state index in [0.29, 0.717) is 28.2 Å². The highest BCUT2D eigenvalue weighted by atomic mass is 19.3. The SMILES string of the molecule is Cc1cc(-c2c(OCc3nccn3CC(C)(C)O)nc(N)nc2-c2ccc(F)cc2)cc(C(F)F)n1. The van der Waals surface area contributed by atoms with Gasteiger partial charge in [-0.1, -0.05) is 0 Å². The van der Waals surface area contributed by atoms with Gasteiger partial charge in [0.15, 0.2) is 0 Å². The number of imidazole rings is 1. The molecule has 4 rings (SSSR count). The smallest absolute Gasteiger partial charge is 0.280 e. The van der Waals surface area contributed by atoms with Crippen molar-refractivity contribution in [2.45, 2.75) is 45.9 Å². The normalized spacial score (nSPS) is 11.8. The van der Waals surface area contributed by atoms with Gasteiger partial charge in [0.2, 0.25) is 11.8 Å². The van der Waals surface area contributed by atoms with Crippen LogP contribution in [-0.4, -0.2) is 35.2 Å². The van der Waals surface area contributed by atoms with Crippen molar-refractivity contribution in [3.8, 4) is 28.3 Å². The summed E-state index contributed by atoms with van der Waals surface area (Å²) in [6, 6.07) is 8.37. The molecule has 8 nitrogen and oxygen atoms in total. The van der Waals surface area contributed by atoms with Gasteiger partial charge in [0.05, 0.1) is 23.4 Å². The largest absolute Gasteiger partial charge is 0.469 e. The zero-order chi connectivity index (χ0) is 26.0. The van der Waals surface area contributed by atoms with E-state index in [9.17, 15) is 18.3 Å². The van der Waals surface area contributed by atoms with Crippen molar-refractivity contribution in [3.63, 3.8) is 0 Å². The van der Waals surface area contributed by atoms with E-state index in [0.717, 1.165) is 0 Å². The summed E-state index contributed by atoms with van der Waals surface area (Å²) >= 11 is 0. The van der Waals surface area contributed by atoms with Gasteiger partial charge in [-0.05, 0) is 62.7 Å². The zero-order valence-electron chi connectivity index (χ0n) is 19.9. The van der Waals surface area contributed by atoms with E-state index >= 15 is 0 Å². The maximum atomic E-state index is 13.6. The highest BCUT2D eigenvalue weighted by molar-refractivity contribution is 5.85. The molecule has 0 spiro atoms. The van der Waals surface area contributed by atoms with Gasteiger partial charge in [-0.15, -0.1) is 0 Å². The van der Waals surface area contributed by atoms with Crippen molar-refractivity contribution in [2.75, 3.05) is 5.73 Å². The standard InChI is InChI=1S/C25H25F3N6O2/c1-14-10-16(11-18(31-14)22(27)28)20-21(15-4-6-17(26)7-5-15)32-24(29)33-23(20)36-12-19-30-8-9-34(19)13-25(2,3)35/h4-11,22,35H,12-13H2,1-3H3,(H2,29,32,33). The predicted molar refractivity (Wildman–Crippen MR) is 128 cm³/mol. The van der Waals surface area contributed by atoms with Crippen LogP contribution in [0.4, 0.5) is 19.1 Å². The molecule has 0 aliphatic heterocycles. The summed E-state index contributed by atoms with van der Waals surface area (Å²) in [5, 5.41) is 10.2. The number of rotatable bonds is 8. The van der Waals surface area contributed by atoms with Gasteiger partial charge in [0.25, 0.3) is 6.43 Å². The van der Waals surface area contributed by atoms with E-state index in [4.69, 9.17) is 10.5 Å². The summed E-state index contributed by atoms with van der Waals surface area (Å²) in [5.41, 5.74) is 6.33. The number of ether oxygens (including phenoxy) is 1. The quantitative estimate of drug-likeness (QED) is 0.362. The van der Waals surface area contributed by atoms with E-state index in [1.54, 1.807) is 43.8 Å². The molecule has 0 aliphatic carbocycles. The molecule has 0 fully saturated rings. The molecule has 3 N–H and O–H groups in total. The van der Waals surface area contributed by atoms with E-state index in [1.807, 2.05) is 0 Å². The van der Waals surface area contributed by atoms with Crippen LogP contribution in [0, 0.1) is 12.7 Å². The molecule has 0 aliphatic rings. The van der Waals surface area contributed by atoms with E-state index in [-0.39, 0.29) is 30.7 Å². The molecule has 11 heteroatoms. The van der Waals surface area contributed by atoms with Crippen LogP contribution in [0.1, 0.15) is 37.5 Å². The number of aliphatic hydroxyl groups is 1. The number of anilines is 1. The Morgan fingerprint density at radius 2 is 1.81 bits per heavy atom. The lowest BCUT2D eigenvalue weighted by atomic mass is 9.99. The number of halogens is 3. The first kappa shape index (κ1) is 25.1. The molecule has 0 unspecified atom stereocenters. The second-order valence-electron chi connectivity index (χ2n) is 8.91. The first-order valence-corrected chi connectivity index (χ1v) is 11.1. The van der Waals surface area contributed by atoms with Gasteiger partial charge < -0.3 is 20.1 Å². The fourth-order valence-electron chi connectivity index (χ4n) is 3.76. The number of pyridine rings is 1. The summed E-state index contributed by atoms with van der Waals surface area (Å²) in [5.74, 6) is -0.0295. The molecule has 3 aromatic heterocycles. The van der Waals surface area contributed by atoms with Gasteiger partial charge in [-0.3, -0.25) is 4.98 Å². The minimum absolute atomic E-state index is 0.0328. The molecule has 0 bridgehead atoms. The lowest BCUT2D eigenvalue weighted by Crippen LogP contribution is -2.27. The molecule has 0 amide bonds. The van der Waals surface area contributed by atoms with Crippen LogP contribution in [-0.2, 0) is 13.2 Å². The average Bonchev–Trinajstić information content (AvgIpc) is 3.22. The molecule has 36 heavy (non-hydrogen) atoms. The van der Waals surface area contributed by atoms with Gasteiger partial charge >= 0.3 is 0 Å². The monoisotopic (exact) mass is 498 g/mol. The number of aryl methyl sites for hydroxylation is 1. The fourth-order valence-corrected chi connectivity index (χ4v) is 3.76. The number of hydrogen-bond acceptors (Lipinski definition) is 7. The molecule has 0 saturated carbocycles. The van der Waals surface area contributed by atoms with Gasteiger partial charge in [0.1, 0.15) is 23.9 Å². The highest BCUT2D eigenvalue weighted by Crippen LogP contribution is 2.39. The van der Waals surface area contributed by atoms with Crippen molar-refractivity contribution in [2.24, 2.45) is 0 Å². The first-order valence-electron chi connectivity index (χ1n) is 11.1. The summed E-state index contributed by atoms with van der Waals surface area (Å²) in [4.78, 5) is 16.8. The molecule has 0 radical (unpaired) electrons. The lowest BCUT2D eigenvalue weighted by molar-refractivity contribution is 0.0596. The van der Waals surface area contributed by atoms with Crippen molar-refractivity contribution < 1.29 is 23.0 Å². The average molecular weight is 499 g/mol. The third-order valence-electron chi connectivity index (χ3n) is 5.19. The summed E-state index contributed by atoms with van der Waals surface area (Å²) in [7, 11) is 0. The Bertz CT molecular complexity index is 1370. The number of nitrogen functional groups attached to an aromatic ring is 1. The summed E-state index contributed by atoms with van der Waals surface area (Å²) in [6.45, 7) is 5.15. The minimum Gasteiger partial charge on any atom is -0.469 e. The van der Waals surface area contributed by atoms with Crippen molar-refractivity contribution >= 4 is 5.95 Å². The third-order valence-corrected chi connectivity index (χ3v) is 5.19. The van der Waals surface area contributed by atoms with Crippen LogP contribution >= 0.6 is 0 Å². The van der Waals surface area contributed by atoms with Crippen LogP contribution in [0.5, 0.6) is 5.88 Å². The summed E-state index contributed by atoms with van der Waals surface area (Å²) in [6.07, 6.45) is 0.480. The van der Waals surface area contributed by atoms with Gasteiger partial charge in [-0.25, -0.2) is 23.1 Å². The molecular weight excluding hydrogens is 473 g/mol. The molecule has 188 valence electrons. The van der Waals surface area contributed by atoms with Crippen LogP contribution in [0.25, 0.3) is 22.4 Å². The molecule has 1 aromatic carbocycles. The van der Waals surface area contributed by atoms with Crippen LogP contribution in [0.15, 0.2) is 48.8 Å². The minimum atomic E-state index is -2.80. The Balaban J connectivity index is 1.84. The highest BCUT2D eigenvalue weighted by Gasteiger charge is 2.22. The van der Waals surface area contributed by atoms with Crippen LogP contribution in [0.2, 0.25) is 0 Å². The van der Waals surface area contributed by atoms with Crippen molar-refractivity contribution in [3.05, 3.63) is 71.8 Å². The number of nitrogens with zero attached hydrogens (tertiary/aromatic N) is 5. The summed E-state index contributed by atoms with van der Waals surface area (Å²) < 4.78 is 48.5. The Labute approximate surface area is 205 Å². The maximum Gasteiger partial charge on any atom is 0.280 e. The Morgan fingerprint density at radius 3 is 2.47 bits per heavy atom. The predicted octanol–water partition coefficient (Wildman–Crippen LogP) is 4.72. The van der Waals surface area contributed by atoms with E-state index < -0.39 is 23.5 Å². The number of alkyl halides is 2. The van der Waals surface area contributed by atoms with Crippen molar-refractivity contribution in [1.29, 1.82) is 0 Å². The third kappa shape index (κ3) is 5.80. The number of hydrogen-bond donors (Lipinski definition) is 2. The topological polar surface area (TPSA) is 112 Å². The lowest BCUT2D eigenvalue weighted by Gasteiger charge is -2.20. The van der Waals surface area contributed by atoms with Crippen molar-refractivity contribution in [1.82, 2.24) is 24.5 Å². The molecule has 3 heterocycles. The molecular formula is C25H25F3N6O2. The first-order chi connectivity index (χ1) is 17.0. The van der Waals surface area contributed by atoms with Crippen LogP contribution in [0.3, 0.4) is 0 Å². The fraction of sp³-hybridized carbons (Fsp3) is 0.280. The van der Waals surface area contributed by atoms with E-state index in [1.165, 1.54) is 30.3 Å². The Kier molecular flexibility index (Phi) is 6.93. The van der Waals surface area contributed by atoms with Gasteiger partial charge in [-0.2, -0.15) is 4.98 Å². The molecule has 0 saturated heterocycles.